The molecule has 140 valence electrons. The van der Waals surface area contributed by atoms with Crippen LogP contribution in [0.15, 0.2) is 0 Å². The van der Waals surface area contributed by atoms with Gasteiger partial charge in [0.1, 0.15) is 8.24 Å². The zero-order valence-electron chi connectivity index (χ0n) is 17.6. The van der Waals surface area contributed by atoms with Crippen LogP contribution in [0.4, 0.5) is 0 Å². The second-order valence-corrected chi connectivity index (χ2v) is 15.7. The second-order valence-electron chi connectivity index (χ2n) is 11.2. The van der Waals surface area contributed by atoms with Crippen molar-refractivity contribution in [1.29, 1.82) is 0 Å². The molecule has 3 aliphatic carbocycles. The summed E-state index contributed by atoms with van der Waals surface area (Å²) in [6.07, 6.45) is 12.4. The van der Waals surface area contributed by atoms with E-state index in [0.29, 0.717) is 11.6 Å². The molecule has 1 nitrogen and oxygen atoms in total. The normalized spacial score (nSPS) is 37.6. The summed E-state index contributed by atoms with van der Waals surface area (Å²) in [5.41, 5.74) is 1.34. The van der Waals surface area contributed by atoms with E-state index in [1.165, 1.54) is 19.3 Å². The third-order valence-electron chi connectivity index (χ3n) is 7.99. The molecule has 0 heterocycles. The van der Waals surface area contributed by atoms with E-state index in [1.54, 1.807) is 32.1 Å². The predicted octanol–water partition coefficient (Wildman–Crippen LogP) is 6.70. The van der Waals surface area contributed by atoms with Gasteiger partial charge in [0.05, 0.1) is 0 Å². The highest BCUT2D eigenvalue weighted by Gasteiger charge is 2.53. The number of rotatable bonds is 3. The van der Waals surface area contributed by atoms with Crippen molar-refractivity contribution in [2.75, 3.05) is 0 Å². The van der Waals surface area contributed by atoms with E-state index < -0.39 is 8.24 Å². The average Bonchev–Trinajstić information content (AvgIpc) is 2.85. The fourth-order valence-corrected chi connectivity index (χ4v) is 13.5. The van der Waals surface area contributed by atoms with Crippen molar-refractivity contribution in [2.45, 2.75) is 116 Å². The van der Waals surface area contributed by atoms with Crippen LogP contribution in [-0.2, 0) is 0 Å². The van der Waals surface area contributed by atoms with Crippen molar-refractivity contribution in [3.05, 3.63) is 0 Å². The molecule has 0 aromatic carbocycles. The summed E-state index contributed by atoms with van der Waals surface area (Å²) >= 11 is 0. The minimum absolute atomic E-state index is 0.310. The summed E-state index contributed by atoms with van der Waals surface area (Å²) in [6.45, 7) is 17.6. The van der Waals surface area contributed by atoms with Crippen LogP contribution in [0.2, 0.25) is 18.6 Å². The molecule has 2 heteroatoms. The van der Waals surface area contributed by atoms with Crippen LogP contribution < -0.4 is 0 Å². The van der Waals surface area contributed by atoms with Crippen molar-refractivity contribution < 1.29 is 0 Å². The Bertz CT molecular complexity index is 436. The molecule has 0 radical (unpaired) electrons. The lowest BCUT2D eigenvalue weighted by molar-refractivity contribution is 0.0906. The number of fused-ring (bicyclic) bond motifs is 2. The molecule has 5 unspecified atom stereocenters. The van der Waals surface area contributed by atoms with Crippen molar-refractivity contribution in [3.63, 3.8) is 0 Å². The van der Waals surface area contributed by atoms with Crippen LogP contribution in [0.5, 0.6) is 0 Å². The zero-order chi connectivity index (χ0) is 17.7. The number of hydrogen-bond acceptors (Lipinski definition) is 1. The molecule has 0 spiro atoms. The van der Waals surface area contributed by atoms with Gasteiger partial charge in [-0.05, 0) is 68.9 Å². The Morgan fingerprint density at radius 3 is 1.96 bits per heavy atom. The Kier molecular flexibility index (Phi) is 5.31. The van der Waals surface area contributed by atoms with Gasteiger partial charge in [0.2, 0.25) is 0 Å². The van der Waals surface area contributed by atoms with E-state index in [-0.39, 0.29) is 0 Å². The zero-order valence-corrected chi connectivity index (χ0v) is 18.6. The van der Waals surface area contributed by atoms with E-state index in [0.717, 1.165) is 29.2 Å². The molecule has 3 rings (SSSR count). The van der Waals surface area contributed by atoms with Crippen LogP contribution in [0.3, 0.4) is 0 Å². The lowest BCUT2D eigenvalue weighted by Crippen LogP contribution is -2.63. The maximum absolute atomic E-state index is 2.97. The fraction of sp³-hybridized carbons (Fsp3) is 1.00. The first-order valence-electron chi connectivity index (χ1n) is 10.9. The first-order valence-corrected chi connectivity index (χ1v) is 13.9. The summed E-state index contributed by atoms with van der Waals surface area (Å²) in [5, 5.41) is 0. The highest BCUT2D eigenvalue weighted by atomic mass is 28.3. The SMILES string of the molecule is CC(C)N(C(C)(C)C)[Si](C)(C)C1CCC2CC3CCCCC3CC21. The van der Waals surface area contributed by atoms with Gasteiger partial charge in [-0.2, -0.15) is 0 Å². The van der Waals surface area contributed by atoms with E-state index in [9.17, 15) is 0 Å². The smallest absolute Gasteiger partial charge is 0.126 e. The Balaban J connectivity index is 1.81. The van der Waals surface area contributed by atoms with Gasteiger partial charge < -0.3 is 4.57 Å². The highest BCUT2D eigenvalue weighted by molar-refractivity contribution is 6.76. The second kappa shape index (κ2) is 6.72. The lowest BCUT2D eigenvalue weighted by atomic mass is 9.64. The van der Waals surface area contributed by atoms with E-state index in [2.05, 4.69) is 52.3 Å². The molecule has 3 aliphatic rings. The third kappa shape index (κ3) is 3.39. The summed E-state index contributed by atoms with van der Waals surface area (Å²) in [6, 6.07) is 0.678. The fourth-order valence-electron chi connectivity index (χ4n) is 7.80. The highest BCUT2D eigenvalue weighted by Crippen LogP contribution is 2.58. The molecule has 3 saturated carbocycles. The Morgan fingerprint density at radius 1 is 0.833 bits per heavy atom. The Hall–Kier alpha value is 0.177. The van der Waals surface area contributed by atoms with E-state index in [4.69, 9.17) is 0 Å². The third-order valence-corrected chi connectivity index (χ3v) is 12.9. The van der Waals surface area contributed by atoms with Crippen LogP contribution in [0.25, 0.3) is 0 Å². The quantitative estimate of drug-likeness (QED) is 0.512. The first-order chi connectivity index (χ1) is 11.1. The number of nitrogens with zero attached hydrogens (tertiary/aromatic N) is 1. The van der Waals surface area contributed by atoms with E-state index in [1.807, 2.05) is 0 Å². The maximum Gasteiger partial charge on any atom is 0.126 e. The number of hydrogen-bond donors (Lipinski definition) is 0. The molecule has 24 heavy (non-hydrogen) atoms. The average molecular weight is 350 g/mol. The Labute approximate surface area is 153 Å². The molecule has 0 bridgehead atoms. The van der Waals surface area contributed by atoms with Gasteiger partial charge in [0, 0.05) is 5.54 Å². The van der Waals surface area contributed by atoms with Crippen LogP contribution in [0, 0.1) is 23.7 Å². The van der Waals surface area contributed by atoms with Gasteiger partial charge in [-0.3, -0.25) is 0 Å². The van der Waals surface area contributed by atoms with Gasteiger partial charge in [-0.1, -0.05) is 65.5 Å². The molecule has 0 aromatic heterocycles. The molecular formula is C22H43NSi. The molecule has 0 saturated heterocycles. The van der Waals surface area contributed by atoms with Crippen LogP contribution >= 0.6 is 0 Å². The first kappa shape index (κ1) is 19.0. The molecule has 5 atom stereocenters. The van der Waals surface area contributed by atoms with Crippen LogP contribution in [-0.4, -0.2) is 24.4 Å². The van der Waals surface area contributed by atoms with Gasteiger partial charge in [0.25, 0.3) is 0 Å². The van der Waals surface area contributed by atoms with E-state index >= 15 is 0 Å². The van der Waals surface area contributed by atoms with Crippen molar-refractivity contribution in [1.82, 2.24) is 4.57 Å². The molecule has 3 fully saturated rings. The minimum atomic E-state index is -1.43. The molecule has 0 N–H and O–H groups in total. The Morgan fingerprint density at radius 2 is 1.42 bits per heavy atom. The van der Waals surface area contributed by atoms with Crippen LogP contribution in [0.1, 0.15) is 86.0 Å². The standard InChI is InChI=1S/C22H43NSi/c1-16(2)23(22(3,4)5)24(6,7)21-13-12-19-14-17-10-8-9-11-18(17)15-20(19)21/h16-21H,8-15H2,1-7H3. The van der Waals surface area contributed by atoms with Gasteiger partial charge in [0.15, 0.2) is 0 Å². The topological polar surface area (TPSA) is 3.24 Å². The lowest BCUT2D eigenvalue weighted by Gasteiger charge is -2.54. The molecular weight excluding hydrogens is 306 g/mol. The monoisotopic (exact) mass is 349 g/mol. The molecule has 0 aliphatic heterocycles. The largest absolute Gasteiger partial charge is 0.317 e. The summed E-state index contributed by atoms with van der Waals surface area (Å²) < 4.78 is 2.97. The molecule has 0 amide bonds. The predicted molar refractivity (Wildman–Crippen MR) is 109 cm³/mol. The summed E-state index contributed by atoms with van der Waals surface area (Å²) in [5.74, 6) is 4.34. The maximum atomic E-state index is 2.97. The van der Waals surface area contributed by atoms with Crippen molar-refractivity contribution in [3.8, 4) is 0 Å². The van der Waals surface area contributed by atoms with Gasteiger partial charge in [-0.25, -0.2) is 0 Å². The summed E-state index contributed by atoms with van der Waals surface area (Å²) in [4.78, 5) is 0. The van der Waals surface area contributed by atoms with Gasteiger partial charge >= 0.3 is 0 Å². The molecule has 0 aromatic rings. The summed E-state index contributed by atoms with van der Waals surface area (Å²) in [7, 11) is -1.43. The van der Waals surface area contributed by atoms with Gasteiger partial charge in [-0.15, -0.1) is 0 Å². The van der Waals surface area contributed by atoms with Crippen molar-refractivity contribution in [2.24, 2.45) is 23.7 Å². The van der Waals surface area contributed by atoms with Crippen molar-refractivity contribution >= 4 is 8.24 Å². The minimum Gasteiger partial charge on any atom is -0.317 e.